The number of nitrogen functional groups attached to an aromatic ring is 1. The summed E-state index contributed by atoms with van der Waals surface area (Å²) in [6.45, 7) is 0.450. The van der Waals surface area contributed by atoms with Crippen molar-refractivity contribution >= 4 is 33.2 Å². The molecular weight excluding hydrogens is 332 g/mol. The summed E-state index contributed by atoms with van der Waals surface area (Å²) in [4.78, 5) is 13.6. The molecule has 2 aromatic rings. The minimum atomic E-state index is -0.100. The molecule has 0 aliphatic rings. The molecule has 2 rings (SSSR count). The number of nitrogens with zero attached hydrogens (tertiary/aromatic N) is 1. The van der Waals surface area contributed by atoms with Crippen molar-refractivity contribution in [3.05, 3.63) is 58.6 Å². The molecule has 0 unspecified atom stereocenters. The summed E-state index contributed by atoms with van der Waals surface area (Å²) in [5, 5.41) is 0. The number of rotatable bonds is 5. The van der Waals surface area contributed by atoms with Gasteiger partial charge in [0.2, 0.25) is 0 Å². The van der Waals surface area contributed by atoms with Crippen LogP contribution in [0.25, 0.3) is 0 Å². The summed E-state index contributed by atoms with van der Waals surface area (Å²) < 4.78 is 6.48. The first-order valence-corrected chi connectivity index (χ1v) is 7.30. The van der Waals surface area contributed by atoms with Gasteiger partial charge in [0.1, 0.15) is 6.61 Å². The number of nitrogens with two attached hydrogens (primary N) is 1. The zero-order chi connectivity index (χ0) is 15.2. The lowest BCUT2D eigenvalue weighted by atomic mass is 10.2. The highest BCUT2D eigenvalue weighted by Gasteiger charge is 2.10. The smallest absolute Gasteiger partial charge is 0.252 e. The molecule has 0 bridgehead atoms. The van der Waals surface area contributed by atoms with Gasteiger partial charge in [0.25, 0.3) is 5.91 Å². The van der Waals surface area contributed by atoms with Crippen LogP contribution in [-0.2, 0) is 16.1 Å². The third-order valence-electron chi connectivity index (χ3n) is 3.06. The molecule has 5 heteroatoms. The highest BCUT2D eigenvalue weighted by atomic mass is 79.9. The van der Waals surface area contributed by atoms with E-state index in [2.05, 4.69) is 15.9 Å². The first kappa shape index (κ1) is 15.5. The quantitative estimate of drug-likeness (QED) is 0.844. The van der Waals surface area contributed by atoms with Gasteiger partial charge in [-0.15, -0.1) is 0 Å². The van der Waals surface area contributed by atoms with Crippen LogP contribution >= 0.6 is 15.9 Å². The fourth-order valence-electron chi connectivity index (χ4n) is 1.78. The molecule has 0 fully saturated rings. The van der Waals surface area contributed by atoms with E-state index < -0.39 is 0 Å². The Morgan fingerprint density at radius 2 is 1.76 bits per heavy atom. The lowest BCUT2D eigenvalue weighted by Gasteiger charge is -2.17. The molecule has 0 heterocycles. The van der Waals surface area contributed by atoms with E-state index in [-0.39, 0.29) is 12.5 Å². The second-order valence-electron chi connectivity index (χ2n) is 4.66. The molecule has 0 aliphatic carbocycles. The van der Waals surface area contributed by atoms with E-state index in [1.807, 2.05) is 36.4 Å². The Kier molecular flexibility index (Phi) is 5.36. The summed E-state index contributed by atoms with van der Waals surface area (Å²) in [6, 6.07) is 15.0. The summed E-state index contributed by atoms with van der Waals surface area (Å²) in [5.74, 6) is -0.100. The number of likely N-dealkylation sites (N-methyl/N-ethyl adjacent to an activating group) is 1. The van der Waals surface area contributed by atoms with Gasteiger partial charge in [-0.05, 0) is 42.0 Å². The molecule has 2 aromatic carbocycles. The summed E-state index contributed by atoms with van der Waals surface area (Å²) >= 11 is 3.38. The van der Waals surface area contributed by atoms with E-state index >= 15 is 0 Å². The van der Waals surface area contributed by atoms with Crippen LogP contribution in [0.3, 0.4) is 0 Å². The summed E-state index contributed by atoms with van der Waals surface area (Å²) in [5.41, 5.74) is 8.12. The SMILES string of the molecule is CN(C(=O)COCc1ccc(Br)cc1)c1ccc(N)cc1. The third kappa shape index (κ3) is 4.58. The number of hydrogen-bond acceptors (Lipinski definition) is 3. The van der Waals surface area contributed by atoms with Crippen LogP contribution in [0.15, 0.2) is 53.0 Å². The van der Waals surface area contributed by atoms with Gasteiger partial charge in [0, 0.05) is 22.9 Å². The topological polar surface area (TPSA) is 55.6 Å². The Hall–Kier alpha value is -1.85. The van der Waals surface area contributed by atoms with Gasteiger partial charge in [-0.2, -0.15) is 0 Å². The molecule has 0 aliphatic heterocycles. The maximum atomic E-state index is 12.0. The fourth-order valence-corrected chi connectivity index (χ4v) is 2.04. The molecule has 2 N–H and O–H groups in total. The Labute approximate surface area is 132 Å². The number of carbonyl (C=O) groups is 1. The molecule has 0 radical (unpaired) electrons. The molecule has 0 aromatic heterocycles. The number of carbonyl (C=O) groups excluding carboxylic acids is 1. The van der Waals surface area contributed by atoms with Crippen molar-refractivity contribution in [2.24, 2.45) is 0 Å². The minimum Gasteiger partial charge on any atom is -0.399 e. The van der Waals surface area contributed by atoms with E-state index in [9.17, 15) is 4.79 Å². The number of halogens is 1. The Bertz CT molecular complexity index is 597. The van der Waals surface area contributed by atoms with Crippen LogP contribution in [0.5, 0.6) is 0 Å². The first-order valence-electron chi connectivity index (χ1n) is 6.50. The largest absolute Gasteiger partial charge is 0.399 e. The molecule has 0 saturated heterocycles. The maximum Gasteiger partial charge on any atom is 0.252 e. The van der Waals surface area contributed by atoms with Gasteiger partial charge >= 0.3 is 0 Å². The number of benzene rings is 2. The second-order valence-corrected chi connectivity index (χ2v) is 5.58. The van der Waals surface area contributed by atoms with Gasteiger partial charge in [-0.3, -0.25) is 4.79 Å². The van der Waals surface area contributed by atoms with Crippen LogP contribution in [-0.4, -0.2) is 19.6 Å². The van der Waals surface area contributed by atoms with Gasteiger partial charge in [0.15, 0.2) is 0 Å². The van der Waals surface area contributed by atoms with Gasteiger partial charge in [-0.1, -0.05) is 28.1 Å². The molecule has 0 saturated carbocycles. The van der Waals surface area contributed by atoms with E-state index in [1.165, 1.54) is 0 Å². The van der Waals surface area contributed by atoms with Crippen molar-refractivity contribution in [1.82, 2.24) is 0 Å². The zero-order valence-electron chi connectivity index (χ0n) is 11.8. The van der Waals surface area contributed by atoms with Crippen LogP contribution in [0.4, 0.5) is 11.4 Å². The van der Waals surface area contributed by atoms with Crippen molar-refractivity contribution in [2.75, 3.05) is 24.3 Å². The van der Waals surface area contributed by atoms with Gasteiger partial charge in [-0.25, -0.2) is 0 Å². The molecule has 21 heavy (non-hydrogen) atoms. The van der Waals surface area contributed by atoms with E-state index in [0.717, 1.165) is 15.7 Å². The van der Waals surface area contributed by atoms with Gasteiger partial charge in [0.05, 0.1) is 6.61 Å². The Balaban J connectivity index is 1.83. The van der Waals surface area contributed by atoms with Crippen molar-refractivity contribution in [2.45, 2.75) is 6.61 Å². The Morgan fingerprint density at radius 3 is 2.38 bits per heavy atom. The van der Waals surface area contributed by atoms with E-state index in [4.69, 9.17) is 10.5 Å². The van der Waals surface area contributed by atoms with Crippen LogP contribution in [0.2, 0.25) is 0 Å². The first-order chi connectivity index (χ1) is 10.1. The lowest BCUT2D eigenvalue weighted by Crippen LogP contribution is -2.30. The third-order valence-corrected chi connectivity index (χ3v) is 3.59. The van der Waals surface area contributed by atoms with Gasteiger partial charge < -0.3 is 15.4 Å². The van der Waals surface area contributed by atoms with E-state index in [0.29, 0.717) is 12.3 Å². The standard InChI is InChI=1S/C16H17BrN2O2/c1-19(15-8-6-14(18)7-9-15)16(20)11-21-10-12-2-4-13(17)5-3-12/h2-9H,10-11,18H2,1H3. The highest BCUT2D eigenvalue weighted by Crippen LogP contribution is 2.15. The molecule has 0 atom stereocenters. The highest BCUT2D eigenvalue weighted by molar-refractivity contribution is 9.10. The lowest BCUT2D eigenvalue weighted by molar-refractivity contribution is -0.123. The van der Waals surface area contributed by atoms with Crippen molar-refractivity contribution in [3.63, 3.8) is 0 Å². The molecule has 1 amide bonds. The summed E-state index contributed by atoms with van der Waals surface area (Å²) in [6.07, 6.45) is 0. The second kappa shape index (κ2) is 7.24. The molecule has 0 spiro atoms. The van der Waals surface area contributed by atoms with Crippen LogP contribution in [0.1, 0.15) is 5.56 Å². The average Bonchev–Trinajstić information content (AvgIpc) is 2.49. The number of hydrogen-bond donors (Lipinski definition) is 1. The van der Waals surface area contributed by atoms with E-state index in [1.54, 1.807) is 24.1 Å². The molecular formula is C16H17BrN2O2. The Morgan fingerprint density at radius 1 is 1.14 bits per heavy atom. The number of amides is 1. The monoisotopic (exact) mass is 348 g/mol. The van der Waals surface area contributed by atoms with Crippen LogP contribution < -0.4 is 10.6 Å². The fraction of sp³-hybridized carbons (Fsp3) is 0.188. The normalized spacial score (nSPS) is 10.4. The molecule has 4 nitrogen and oxygen atoms in total. The maximum absolute atomic E-state index is 12.0. The summed E-state index contributed by atoms with van der Waals surface area (Å²) in [7, 11) is 1.72. The minimum absolute atomic E-state index is 0.0386. The zero-order valence-corrected chi connectivity index (χ0v) is 13.3. The molecule has 110 valence electrons. The van der Waals surface area contributed by atoms with Crippen LogP contribution in [0, 0.1) is 0 Å². The van der Waals surface area contributed by atoms with Crippen molar-refractivity contribution in [3.8, 4) is 0 Å². The number of ether oxygens (including phenoxy) is 1. The predicted octanol–water partition coefficient (Wildman–Crippen LogP) is 3.21. The van der Waals surface area contributed by atoms with Crippen molar-refractivity contribution in [1.29, 1.82) is 0 Å². The average molecular weight is 349 g/mol. The number of anilines is 2. The van der Waals surface area contributed by atoms with Crippen molar-refractivity contribution < 1.29 is 9.53 Å². The predicted molar refractivity (Wildman–Crippen MR) is 88.1 cm³/mol.